The van der Waals surface area contributed by atoms with Gasteiger partial charge in [0, 0.05) is 11.1 Å². The van der Waals surface area contributed by atoms with E-state index in [4.69, 9.17) is 0 Å². The maximum absolute atomic E-state index is 4.55. The van der Waals surface area contributed by atoms with E-state index in [9.17, 15) is 0 Å². The zero-order valence-corrected chi connectivity index (χ0v) is 12.8. The summed E-state index contributed by atoms with van der Waals surface area (Å²) in [6.07, 6.45) is 1.86. The molecular weight excluding hydrogens is 274 g/mol. The molecule has 0 radical (unpaired) electrons. The van der Waals surface area contributed by atoms with Gasteiger partial charge in [-0.25, -0.2) is 0 Å². The summed E-state index contributed by atoms with van der Waals surface area (Å²) in [5.41, 5.74) is 3.66. The summed E-state index contributed by atoms with van der Waals surface area (Å²) in [6, 6.07) is 25.3. The molecule has 3 rings (SSSR count). The second-order valence-electron chi connectivity index (χ2n) is 4.98. The molecule has 0 fully saturated rings. The molecule has 0 bridgehead atoms. The van der Waals surface area contributed by atoms with E-state index in [1.807, 2.05) is 30.1 Å². The summed E-state index contributed by atoms with van der Waals surface area (Å²) in [5.74, 6) is 0. The van der Waals surface area contributed by atoms with E-state index in [-0.39, 0.29) is 5.25 Å². The van der Waals surface area contributed by atoms with Crippen molar-refractivity contribution in [2.45, 2.75) is 17.1 Å². The quantitative estimate of drug-likeness (QED) is 0.607. The molecule has 0 saturated carbocycles. The molecule has 2 heteroatoms. The minimum absolute atomic E-state index is 0.218. The minimum atomic E-state index is 0.218. The lowest BCUT2D eigenvalue weighted by Crippen LogP contribution is -1.99. The Hall–Kier alpha value is -2.06. The predicted molar refractivity (Wildman–Crippen MR) is 89.6 cm³/mol. The molecular formula is C19H17NS. The van der Waals surface area contributed by atoms with Crippen LogP contribution in [0, 0.1) is 6.92 Å². The fourth-order valence-corrected chi connectivity index (χ4v) is 3.33. The number of aromatic nitrogens is 1. The van der Waals surface area contributed by atoms with Gasteiger partial charge in [0.2, 0.25) is 0 Å². The van der Waals surface area contributed by atoms with Gasteiger partial charge in [0.15, 0.2) is 0 Å². The van der Waals surface area contributed by atoms with Crippen molar-refractivity contribution in [3.05, 3.63) is 95.8 Å². The average Bonchev–Trinajstić information content (AvgIpc) is 2.56. The van der Waals surface area contributed by atoms with Gasteiger partial charge >= 0.3 is 0 Å². The summed E-state index contributed by atoms with van der Waals surface area (Å²) in [5, 5.41) is 0.218. The maximum atomic E-state index is 4.55. The largest absolute Gasteiger partial charge is 0.260 e. The van der Waals surface area contributed by atoms with Crippen LogP contribution in [0.5, 0.6) is 0 Å². The van der Waals surface area contributed by atoms with Crippen LogP contribution in [0.4, 0.5) is 0 Å². The number of hydrogen-bond acceptors (Lipinski definition) is 2. The van der Waals surface area contributed by atoms with Crippen molar-refractivity contribution in [2.24, 2.45) is 0 Å². The van der Waals surface area contributed by atoms with Crippen molar-refractivity contribution < 1.29 is 0 Å². The van der Waals surface area contributed by atoms with Gasteiger partial charge in [-0.3, -0.25) is 4.98 Å². The topological polar surface area (TPSA) is 12.9 Å². The summed E-state index contributed by atoms with van der Waals surface area (Å²) in [7, 11) is 0. The van der Waals surface area contributed by atoms with E-state index in [1.54, 1.807) is 0 Å². The average molecular weight is 291 g/mol. The van der Waals surface area contributed by atoms with Crippen molar-refractivity contribution in [1.29, 1.82) is 0 Å². The molecule has 0 N–H and O–H groups in total. The van der Waals surface area contributed by atoms with Crippen molar-refractivity contribution in [3.8, 4) is 0 Å². The van der Waals surface area contributed by atoms with Gasteiger partial charge in [-0.05, 0) is 36.8 Å². The van der Waals surface area contributed by atoms with Gasteiger partial charge in [0.05, 0.1) is 10.9 Å². The second-order valence-corrected chi connectivity index (χ2v) is 6.15. The number of benzene rings is 2. The number of thioether (sulfide) groups is 1. The highest BCUT2D eigenvalue weighted by atomic mass is 32.2. The minimum Gasteiger partial charge on any atom is -0.260 e. The molecule has 1 nitrogen and oxygen atoms in total. The molecule has 0 aliphatic rings. The third-order valence-electron chi connectivity index (χ3n) is 3.33. The Morgan fingerprint density at radius 2 is 1.52 bits per heavy atom. The van der Waals surface area contributed by atoms with Gasteiger partial charge in [-0.2, -0.15) is 0 Å². The Bertz CT molecular complexity index is 638. The highest BCUT2D eigenvalue weighted by molar-refractivity contribution is 7.99. The Labute approximate surface area is 130 Å². The lowest BCUT2D eigenvalue weighted by atomic mass is 10.1. The third kappa shape index (κ3) is 3.53. The third-order valence-corrected chi connectivity index (χ3v) is 4.63. The van der Waals surface area contributed by atoms with E-state index in [1.165, 1.54) is 16.0 Å². The van der Waals surface area contributed by atoms with Crippen LogP contribution in [0.2, 0.25) is 0 Å². The van der Waals surface area contributed by atoms with Crippen molar-refractivity contribution in [2.75, 3.05) is 0 Å². The van der Waals surface area contributed by atoms with Gasteiger partial charge in [-0.15, -0.1) is 11.8 Å². The SMILES string of the molecule is Cc1ccc(S[C@@H](c2ccccc2)c2ccccn2)cc1. The van der Waals surface area contributed by atoms with E-state index < -0.39 is 0 Å². The molecule has 0 aliphatic heterocycles. The van der Waals surface area contributed by atoms with Crippen molar-refractivity contribution in [1.82, 2.24) is 4.98 Å². The second kappa shape index (κ2) is 6.59. The van der Waals surface area contributed by atoms with Crippen LogP contribution in [0.3, 0.4) is 0 Å². The lowest BCUT2D eigenvalue weighted by molar-refractivity contribution is 1.05. The predicted octanol–water partition coefficient (Wildman–Crippen LogP) is 5.27. The molecule has 1 atom stereocenters. The maximum Gasteiger partial charge on any atom is 0.0766 e. The summed E-state index contributed by atoms with van der Waals surface area (Å²) < 4.78 is 0. The highest BCUT2D eigenvalue weighted by Crippen LogP contribution is 2.39. The molecule has 0 spiro atoms. The zero-order valence-electron chi connectivity index (χ0n) is 11.9. The Morgan fingerprint density at radius 3 is 2.19 bits per heavy atom. The first-order valence-corrected chi connectivity index (χ1v) is 7.90. The molecule has 104 valence electrons. The van der Waals surface area contributed by atoms with Crippen LogP contribution in [0.25, 0.3) is 0 Å². The number of nitrogens with zero attached hydrogens (tertiary/aromatic N) is 1. The number of aryl methyl sites for hydroxylation is 1. The van der Waals surface area contributed by atoms with Gasteiger partial charge in [-0.1, -0.05) is 54.1 Å². The van der Waals surface area contributed by atoms with Crippen LogP contribution >= 0.6 is 11.8 Å². The molecule has 2 aromatic carbocycles. The van der Waals surface area contributed by atoms with Crippen LogP contribution in [0.1, 0.15) is 22.1 Å². The first-order chi connectivity index (χ1) is 10.3. The van der Waals surface area contributed by atoms with E-state index >= 15 is 0 Å². The van der Waals surface area contributed by atoms with Crippen molar-refractivity contribution >= 4 is 11.8 Å². The molecule has 1 aromatic heterocycles. The van der Waals surface area contributed by atoms with E-state index in [0.717, 1.165) is 5.69 Å². The van der Waals surface area contributed by atoms with Crippen LogP contribution < -0.4 is 0 Å². The van der Waals surface area contributed by atoms with Gasteiger partial charge in [0.25, 0.3) is 0 Å². The Balaban J connectivity index is 1.95. The molecule has 0 unspecified atom stereocenters. The summed E-state index contributed by atoms with van der Waals surface area (Å²) >= 11 is 1.84. The molecule has 1 heterocycles. The van der Waals surface area contributed by atoms with Crippen LogP contribution in [0.15, 0.2) is 83.9 Å². The van der Waals surface area contributed by atoms with E-state index in [0.29, 0.717) is 0 Å². The first kappa shape index (κ1) is 13.9. The van der Waals surface area contributed by atoms with Crippen LogP contribution in [-0.2, 0) is 0 Å². The molecule has 0 saturated heterocycles. The Kier molecular flexibility index (Phi) is 4.37. The molecule has 0 aliphatic carbocycles. The standard InChI is InChI=1S/C19H17NS/c1-15-10-12-17(13-11-15)21-19(16-7-3-2-4-8-16)18-9-5-6-14-20-18/h2-14,19H,1H3/t19-/m0/s1. The monoisotopic (exact) mass is 291 g/mol. The molecule has 3 aromatic rings. The molecule has 21 heavy (non-hydrogen) atoms. The summed E-state index contributed by atoms with van der Waals surface area (Å²) in [6.45, 7) is 2.11. The van der Waals surface area contributed by atoms with Gasteiger partial charge in [0.1, 0.15) is 0 Å². The summed E-state index contributed by atoms with van der Waals surface area (Å²) in [4.78, 5) is 5.81. The Morgan fingerprint density at radius 1 is 0.810 bits per heavy atom. The number of rotatable bonds is 4. The molecule has 0 amide bonds. The van der Waals surface area contributed by atoms with E-state index in [2.05, 4.69) is 72.6 Å². The first-order valence-electron chi connectivity index (χ1n) is 7.02. The van der Waals surface area contributed by atoms with Crippen molar-refractivity contribution in [3.63, 3.8) is 0 Å². The fraction of sp³-hybridized carbons (Fsp3) is 0.105. The fourth-order valence-electron chi connectivity index (χ4n) is 2.21. The van der Waals surface area contributed by atoms with Crippen LogP contribution in [-0.4, -0.2) is 4.98 Å². The number of hydrogen-bond donors (Lipinski definition) is 0. The highest BCUT2D eigenvalue weighted by Gasteiger charge is 2.16. The normalized spacial score (nSPS) is 12.0. The lowest BCUT2D eigenvalue weighted by Gasteiger charge is -2.16. The smallest absolute Gasteiger partial charge is 0.0766 e. The number of pyridine rings is 1. The van der Waals surface area contributed by atoms with Gasteiger partial charge < -0.3 is 0 Å². The zero-order chi connectivity index (χ0) is 14.5.